The van der Waals surface area contributed by atoms with Crippen molar-refractivity contribution in [1.82, 2.24) is 0 Å². The van der Waals surface area contributed by atoms with Gasteiger partial charge in [0.25, 0.3) is 0 Å². The van der Waals surface area contributed by atoms with Crippen LogP contribution in [0.1, 0.15) is 13.3 Å². The largest absolute Gasteiger partial charge is 0.473 e. The van der Waals surface area contributed by atoms with Gasteiger partial charge in [-0.1, -0.05) is 6.92 Å². The van der Waals surface area contributed by atoms with Crippen molar-refractivity contribution in [2.75, 3.05) is 6.61 Å². The SMILES string of the molecule is CCCOC(=O)C(=O)O. The number of carboxylic acid groups (broad SMARTS) is 1. The fraction of sp³-hybridized carbons (Fsp3) is 0.600. The highest BCUT2D eigenvalue weighted by atomic mass is 16.6. The molecule has 0 aromatic carbocycles. The van der Waals surface area contributed by atoms with E-state index in [4.69, 9.17) is 5.11 Å². The number of carbonyl (C=O) groups is 2. The van der Waals surface area contributed by atoms with E-state index in [1.54, 1.807) is 6.92 Å². The lowest BCUT2D eigenvalue weighted by molar-refractivity contribution is -0.163. The van der Waals surface area contributed by atoms with Gasteiger partial charge in [-0.15, -0.1) is 0 Å². The van der Waals surface area contributed by atoms with Crippen LogP contribution in [0.3, 0.4) is 0 Å². The second kappa shape index (κ2) is 3.88. The molecule has 0 fully saturated rings. The summed E-state index contributed by atoms with van der Waals surface area (Å²) in [4.78, 5) is 19.8. The van der Waals surface area contributed by atoms with E-state index in [2.05, 4.69) is 4.74 Å². The Morgan fingerprint density at radius 2 is 2.11 bits per heavy atom. The number of aliphatic carboxylic acids is 1. The van der Waals surface area contributed by atoms with Crippen LogP contribution in [0, 0.1) is 0 Å². The Morgan fingerprint density at radius 1 is 1.56 bits per heavy atom. The molecule has 0 saturated heterocycles. The molecule has 0 unspecified atom stereocenters. The van der Waals surface area contributed by atoms with Crippen LogP contribution in [0.25, 0.3) is 0 Å². The molecule has 0 aliphatic carbocycles. The highest BCUT2D eigenvalue weighted by Gasteiger charge is 2.10. The van der Waals surface area contributed by atoms with Crippen molar-refractivity contribution in [2.24, 2.45) is 0 Å². The second-order valence-electron chi connectivity index (χ2n) is 1.44. The van der Waals surface area contributed by atoms with E-state index in [0.717, 1.165) is 0 Å². The third-order valence-electron chi connectivity index (χ3n) is 0.612. The molecule has 0 aliphatic rings. The molecule has 0 aromatic rings. The van der Waals surface area contributed by atoms with Gasteiger partial charge in [-0.2, -0.15) is 0 Å². The summed E-state index contributed by atoms with van der Waals surface area (Å²) in [5.74, 6) is -2.72. The lowest BCUT2D eigenvalue weighted by atomic mass is 10.5. The predicted molar refractivity (Wildman–Crippen MR) is 28.9 cm³/mol. The van der Waals surface area contributed by atoms with Gasteiger partial charge in [0.05, 0.1) is 6.61 Å². The van der Waals surface area contributed by atoms with Crippen LogP contribution in [0.4, 0.5) is 0 Å². The molecule has 0 aliphatic heterocycles. The fourth-order valence-corrected chi connectivity index (χ4v) is 0.256. The van der Waals surface area contributed by atoms with Gasteiger partial charge < -0.3 is 9.84 Å². The summed E-state index contributed by atoms with van der Waals surface area (Å²) in [5.41, 5.74) is 0. The molecule has 52 valence electrons. The van der Waals surface area contributed by atoms with Crippen LogP contribution >= 0.6 is 0 Å². The van der Waals surface area contributed by atoms with Crippen molar-refractivity contribution < 1.29 is 19.4 Å². The van der Waals surface area contributed by atoms with Gasteiger partial charge in [0.15, 0.2) is 0 Å². The third kappa shape index (κ3) is 3.52. The number of carbonyl (C=O) groups excluding carboxylic acids is 1. The minimum Gasteiger partial charge on any atom is -0.473 e. The molecule has 0 atom stereocenters. The maximum atomic E-state index is 10.1. The number of ether oxygens (including phenoxy) is 1. The number of hydrogen-bond donors (Lipinski definition) is 1. The van der Waals surface area contributed by atoms with E-state index >= 15 is 0 Å². The molecule has 4 heteroatoms. The van der Waals surface area contributed by atoms with Crippen LogP contribution in [0.5, 0.6) is 0 Å². The first-order valence-corrected chi connectivity index (χ1v) is 2.58. The Kier molecular flexibility index (Phi) is 3.43. The van der Waals surface area contributed by atoms with Crippen LogP contribution < -0.4 is 0 Å². The zero-order valence-electron chi connectivity index (χ0n) is 5.09. The molecule has 0 amide bonds. The minimum absolute atomic E-state index is 0.172. The van der Waals surface area contributed by atoms with E-state index in [1.807, 2.05) is 0 Å². The minimum atomic E-state index is -1.54. The normalized spacial score (nSPS) is 8.56. The summed E-state index contributed by atoms with van der Waals surface area (Å²) in [6.07, 6.45) is 0.638. The monoisotopic (exact) mass is 132 g/mol. The van der Waals surface area contributed by atoms with Gasteiger partial charge in [0.2, 0.25) is 0 Å². The molecule has 0 heterocycles. The van der Waals surface area contributed by atoms with Crippen molar-refractivity contribution in [1.29, 1.82) is 0 Å². The molecule has 4 nitrogen and oxygen atoms in total. The standard InChI is InChI=1S/C5H8O4/c1-2-3-9-5(8)4(6)7/h2-3H2,1H3,(H,6,7). The fourth-order valence-electron chi connectivity index (χ4n) is 0.256. The van der Waals surface area contributed by atoms with Gasteiger partial charge in [0, 0.05) is 0 Å². The number of esters is 1. The third-order valence-corrected chi connectivity index (χ3v) is 0.612. The molecule has 0 spiro atoms. The molecule has 9 heavy (non-hydrogen) atoms. The summed E-state index contributed by atoms with van der Waals surface area (Å²) >= 11 is 0. The summed E-state index contributed by atoms with van der Waals surface area (Å²) in [6.45, 7) is 1.96. The maximum absolute atomic E-state index is 10.1. The zero-order valence-corrected chi connectivity index (χ0v) is 5.09. The molecule has 0 radical (unpaired) electrons. The predicted octanol–water partition coefficient (Wildman–Crippen LogP) is 0.0242. The van der Waals surface area contributed by atoms with Crippen LogP contribution in [0.2, 0.25) is 0 Å². The summed E-state index contributed by atoms with van der Waals surface area (Å²) in [6, 6.07) is 0. The van der Waals surface area contributed by atoms with E-state index in [0.29, 0.717) is 6.42 Å². The van der Waals surface area contributed by atoms with Gasteiger partial charge in [-0.3, -0.25) is 0 Å². The highest BCUT2D eigenvalue weighted by Crippen LogP contribution is 1.81. The topological polar surface area (TPSA) is 63.6 Å². The van der Waals surface area contributed by atoms with Gasteiger partial charge >= 0.3 is 11.9 Å². The first-order chi connectivity index (χ1) is 4.18. The highest BCUT2D eigenvalue weighted by molar-refractivity contribution is 6.28. The van der Waals surface area contributed by atoms with E-state index in [-0.39, 0.29) is 6.61 Å². The number of carboxylic acids is 1. The van der Waals surface area contributed by atoms with Gasteiger partial charge in [-0.25, -0.2) is 9.59 Å². The van der Waals surface area contributed by atoms with Crippen molar-refractivity contribution in [3.63, 3.8) is 0 Å². The average molecular weight is 132 g/mol. The van der Waals surface area contributed by atoms with Crippen LogP contribution in [-0.2, 0) is 14.3 Å². The van der Waals surface area contributed by atoms with Crippen molar-refractivity contribution >= 4 is 11.9 Å². The maximum Gasteiger partial charge on any atom is 0.417 e. The van der Waals surface area contributed by atoms with Gasteiger partial charge in [-0.05, 0) is 6.42 Å². The lowest BCUT2D eigenvalue weighted by Crippen LogP contribution is -2.16. The quantitative estimate of drug-likeness (QED) is 0.425. The van der Waals surface area contributed by atoms with E-state index in [1.165, 1.54) is 0 Å². The van der Waals surface area contributed by atoms with Gasteiger partial charge in [0.1, 0.15) is 0 Å². The number of hydrogen-bond acceptors (Lipinski definition) is 3. The van der Waals surface area contributed by atoms with Crippen LogP contribution in [0.15, 0.2) is 0 Å². The molecule has 1 N–H and O–H groups in total. The summed E-state index contributed by atoms with van der Waals surface area (Å²) in [7, 11) is 0. The van der Waals surface area contributed by atoms with Crippen molar-refractivity contribution in [3.8, 4) is 0 Å². The Labute approximate surface area is 52.4 Å². The molecular formula is C5H8O4. The molecule has 0 saturated carbocycles. The Bertz CT molecular complexity index is 118. The van der Waals surface area contributed by atoms with Crippen molar-refractivity contribution in [3.05, 3.63) is 0 Å². The average Bonchev–Trinajstić information content (AvgIpc) is 1.82. The summed E-state index contributed by atoms with van der Waals surface area (Å²) < 4.78 is 4.21. The van der Waals surface area contributed by atoms with Crippen molar-refractivity contribution in [2.45, 2.75) is 13.3 Å². The molecular weight excluding hydrogens is 124 g/mol. The Morgan fingerprint density at radius 3 is 2.44 bits per heavy atom. The first-order valence-electron chi connectivity index (χ1n) is 2.58. The zero-order chi connectivity index (χ0) is 7.28. The first kappa shape index (κ1) is 7.94. The molecule has 0 aromatic heterocycles. The molecule has 0 rings (SSSR count). The Balaban J connectivity index is 3.39. The Hall–Kier alpha value is -1.06. The second-order valence-corrected chi connectivity index (χ2v) is 1.44. The number of rotatable bonds is 2. The van der Waals surface area contributed by atoms with E-state index < -0.39 is 11.9 Å². The molecule has 0 bridgehead atoms. The lowest BCUT2D eigenvalue weighted by Gasteiger charge is -1.95. The van der Waals surface area contributed by atoms with E-state index in [9.17, 15) is 9.59 Å². The smallest absolute Gasteiger partial charge is 0.417 e. The summed E-state index contributed by atoms with van der Waals surface area (Å²) in [5, 5.41) is 7.93. The van der Waals surface area contributed by atoms with Crippen LogP contribution in [-0.4, -0.2) is 23.7 Å².